The van der Waals surface area contributed by atoms with Crippen molar-refractivity contribution in [1.29, 1.82) is 0 Å². The number of benzene rings is 3. The number of carboxylic acid groups (broad SMARTS) is 2. The second-order valence-corrected chi connectivity index (χ2v) is 4.86. The lowest BCUT2D eigenvalue weighted by atomic mass is 10.0. The fraction of sp³-hybridized carbons (Fsp3) is 0.111. The molecule has 126 valence electrons. The van der Waals surface area contributed by atoms with E-state index in [0.717, 1.165) is 30.0 Å². The fourth-order valence-electron chi connectivity index (χ4n) is 2.07. The lowest BCUT2D eigenvalue weighted by Gasteiger charge is -2.06. The molecule has 3 aromatic carbocycles. The first kappa shape index (κ1) is 18.8. The van der Waals surface area contributed by atoms with Crippen molar-refractivity contribution in [2.24, 2.45) is 0 Å². The van der Waals surface area contributed by atoms with Crippen LogP contribution in [0.3, 0.4) is 0 Å². The van der Waals surface area contributed by atoms with E-state index in [1.165, 1.54) is 6.07 Å². The molecule has 0 fully saturated rings. The summed E-state index contributed by atoms with van der Waals surface area (Å²) in [6, 6.07) is 15.1. The van der Waals surface area contributed by atoms with Crippen molar-refractivity contribution in [2.45, 2.75) is 13.8 Å². The van der Waals surface area contributed by atoms with Gasteiger partial charge in [0.15, 0.2) is 11.5 Å². The third kappa shape index (κ3) is 5.17. The van der Waals surface area contributed by atoms with Gasteiger partial charge < -0.3 is 20.4 Å². The van der Waals surface area contributed by atoms with E-state index < -0.39 is 11.9 Å². The monoisotopic (exact) mass is 330 g/mol. The van der Waals surface area contributed by atoms with Crippen LogP contribution < -0.4 is 0 Å². The zero-order chi connectivity index (χ0) is 18.3. The highest BCUT2D eigenvalue weighted by Crippen LogP contribution is 2.37. The van der Waals surface area contributed by atoms with Crippen LogP contribution in [0.2, 0.25) is 0 Å². The Balaban J connectivity index is 0.000000306. The van der Waals surface area contributed by atoms with Gasteiger partial charge in [0, 0.05) is 19.2 Å². The average molecular weight is 330 g/mol. The van der Waals surface area contributed by atoms with Crippen LogP contribution in [-0.4, -0.2) is 32.4 Å². The first-order valence-electron chi connectivity index (χ1n) is 6.95. The normalized spacial score (nSPS) is 9.42. The minimum atomic E-state index is -0.833. The minimum absolute atomic E-state index is 0.0469. The van der Waals surface area contributed by atoms with Crippen molar-refractivity contribution < 1.29 is 30.0 Å². The van der Waals surface area contributed by atoms with Crippen LogP contribution in [0.25, 0.3) is 21.5 Å². The van der Waals surface area contributed by atoms with E-state index in [1.807, 2.05) is 36.4 Å². The van der Waals surface area contributed by atoms with Gasteiger partial charge in [-0.15, -0.1) is 0 Å². The molecule has 0 saturated carbocycles. The summed E-state index contributed by atoms with van der Waals surface area (Å²) >= 11 is 0. The van der Waals surface area contributed by atoms with E-state index in [4.69, 9.17) is 19.8 Å². The van der Waals surface area contributed by atoms with Crippen molar-refractivity contribution in [3.05, 3.63) is 48.5 Å². The Bertz CT molecular complexity index is 850. The molecule has 3 rings (SSSR count). The molecule has 0 radical (unpaired) electrons. The molecule has 6 heteroatoms. The van der Waals surface area contributed by atoms with Gasteiger partial charge in [-0.25, -0.2) is 0 Å². The number of phenols is 2. The highest BCUT2D eigenvalue weighted by molar-refractivity contribution is 6.11. The summed E-state index contributed by atoms with van der Waals surface area (Å²) in [5.74, 6) is -1.79. The van der Waals surface area contributed by atoms with E-state index in [9.17, 15) is 10.2 Å². The molecule has 6 nitrogen and oxygen atoms in total. The summed E-state index contributed by atoms with van der Waals surface area (Å²) in [5.41, 5.74) is 0. The van der Waals surface area contributed by atoms with Crippen LogP contribution in [0, 0.1) is 0 Å². The van der Waals surface area contributed by atoms with Crippen molar-refractivity contribution in [1.82, 2.24) is 0 Å². The first-order chi connectivity index (χ1) is 11.2. The van der Waals surface area contributed by atoms with Gasteiger partial charge in [0.25, 0.3) is 11.9 Å². The topological polar surface area (TPSA) is 115 Å². The molecule has 0 heterocycles. The molecule has 0 spiro atoms. The molecule has 3 aromatic rings. The lowest BCUT2D eigenvalue weighted by molar-refractivity contribution is -0.135. The predicted molar refractivity (Wildman–Crippen MR) is 91.4 cm³/mol. The maximum atomic E-state index is 9.91. The largest absolute Gasteiger partial charge is 0.504 e. The molecule has 0 unspecified atom stereocenters. The average Bonchev–Trinajstić information content (AvgIpc) is 2.49. The highest BCUT2D eigenvalue weighted by atomic mass is 16.4. The van der Waals surface area contributed by atoms with Gasteiger partial charge in [-0.1, -0.05) is 42.5 Å². The van der Waals surface area contributed by atoms with Gasteiger partial charge >= 0.3 is 0 Å². The Morgan fingerprint density at radius 3 is 1.79 bits per heavy atom. The Hall–Kier alpha value is -3.28. The molecule has 0 bridgehead atoms. The number of hydrogen-bond donors (Lipinski definition) is 4. The van der Waals surface area contributed by atoms with E-state index >= 15 is 0 Å². The van der Waals surface area contributed by atoms with Gasteiger partial charge in [0.05, 0.1) is 0 Å². The molecule has 0 atom stereocenters. The standard InChI is InChI=1S/C14H10O2.2C2H4O2/c15-12-8-7-10-6-5-9-3-1-2-4-11(9)13(10)14(12)16;2*1-2(3)4/h1-8,15-16H;2*1H3,(H,3,4). The van der Waals surface area contributed by atoms with Crippen LogP contribution in [0.4, 0.5) is 0 Å². The van der Waals surface area contributed by atoms with Crippen LogP contribution >= 0.6 is 0 Å². The van der Waals surface area contributed by atoms with E-state index in [1.54, 1.807) is 6.07 Å². The quantitative estimate of drug-likeness (QED) is 0.370. The van der Waals surface area contributed by atoms with Crippen molar-refractivity contribution >= 4 is 33.5 Å². The van der Waals surface area contributed by atoms with Crippen LogP contribution in [0.5, 0.6) is 11.5 Å². The molecule has 0 amide bonds. The summed E-state index contributed by atoms with van der Waals surface area (Å²) in [6.07, 6.45) is 0. The molecular weight excluding hydrogens is 312 g/mol. The van der Waals surface area contributed by atoms with Crippen LogP contribution in [0.15, 0.2) is 48.5 Å². The van der Waals surface area contributed by atoms with Crippen LogP contribution in [0.1, 0.15) is 13.8 Å². The maximum Gasteiger partial charge on any atom is 0.300 e. The summed E-state index contributed by atoms with van der Waals surface area (Å²) in [7, 11) is 0. The molecule has 0 aromatic heterocycles. The van der Waals surface area contributed by atoms with Crippen molar-refractivity contribution in [2.75, 3.05) is 0 Å². The summed E-state index contributed by atoms with van der Waals surface area (Å²) in [4.78, 5) is 18.0. The second-order valence-electron chi connectivity index (χ2n) is 4.86. The zero-order valence-corrected chi connectivity index (χ0v) is 13.2. The smallest absolute Gasteiger partial charge is 0.300 e. The number of phenolic OH excluding ortho intramolecular Hbond substituents is 2. The SMILES string of the molecule is CC(=O)O.CC(=O)O.Oc1ccc2ccc3ccccc3c2c1O. The Morgan fingerprint density at radius 2 is 1.21 bits per heavy atom. The molecule has 0 aliphatic carbocycles. The van der Waals surface area contributed by atoms with Crippen molar-refractivity contribution in [3.8, 4) is 11.5 Å². The number of fused-ring (bicyclic) bond motifs is 3. The van der Waals surface area contributed by atoms with E-state index in [2.05, 4.69) is 0 Å². The number of hydrogen-bond acceptors (Lipinski definition) is 4. The molecule has 24 heavy (non-hydrogen) atoms. The van der Waals surface area contributed by atoms with E-state index in [0.29, 0.717) is 5.39 Å². The summed E-state index contributed by atoms with van der Waals surface area (Å²) in [5, 5.41) is 37.9. The predicted octanol–water partition coefficient (Wildman–Crippen LogP) is 3.59. The highest BCUT2D eigenvalue weighted by Gasteiger charge is 2.08. The first-order valence-corrected chi connectivity index (χ1v) is 6.95. The molecule has 4 N–H and O–H groups in total. The molecule has 0 aliphatic rings. The van der Waals surface area contributed by atoms with Crippen LogP contribution in [-0.2, 0) is 9.59 Å². The van der Waals surface area contributed by atoms with Crippen molar-refractivity contribution in [3.63, 3.8) is 0 Å². The second kappa shape index (κ2) is 8.38. The van der Waals surface area contributed by atoms with Gasteiger partial charge in [-0.3, -0.25) is 9.59 Å². The number of carboxylic acids is 2. The zero-order valence-electron chi connectivity index (χ0n) is 13.2. The minimum Gasteiger partial charge on any atom is -0.504 e. The third-order valence-corrected chi connectivity index (χ3v) is 2.86. The Labute approximate surface area is 138 Å². The fourth-order valence-corrected chi connectivity index (χ4v) is 2.07. The number of carbonyl (C=O) groups is 2. The summed E-state index contributed by atoms with van der Waals surface area (Å²) < 4.78 is 0. The third-order valence-electron chi connectivity index (χ3n) is 2.86. The molecule has 0 aliphatic heterocycles. The Morgan fingerprint density at radius 1 is 0.750 bits per heavy atom. The molecule has 0 saturated heterocycles. The van der Waals surface area contributed by atoms with E-state index in [-0.39, 0.29) is 11.5 Å². The maximum absolute atomic E-state index is 9.91. The molecular formula is C18H18O6. The van der Waals surface area contributed by atoms with Gasteiger partial charge in [-0.2, -0.15) is 0 Å². The lowest BCUT2D eigenvalue weighted by Crippen LogP contribution is -1.79. The Kier molecular flexibility index (Phi) is 6.55. The summed E-state index contributed by atoms with van der Waals surface area (Å²) in [6.45, 7) is 2.17. The van der Waals surface area contributed by atoms with Gasteiger partial charge in [0.1, 0.15) is 0 Å². The number of rotatable bonds is 0. The number of aromatic hydroxyl groups is 2. The number of aliphatic carboxylic acids is 2. The van der Waals surface area contributed by atoms with Gasteiger partial charge in [-0.05, 0) is 22.2 Å². The van der Waals surface area contributed by atoms with Gasteiger partial charge in [0.2, 0.25) is 0 Å².